The second kappa shape index (κ2) is 14.7. The molecular weight excluding hydrogens is 507 g/mol. The molecule has 2 heterocycles. The number of esters is 1. The van der Waals surface area contributed by atoms with Crippen molar-refractivity contribution in [3.05, 3.63) is 35.9 Å². The molecule has 0 spiro atoms. The van der Waals surface area contributed by atoms with Gasteiger partial charge in [0, 0.05) is 38.6 Å². The second-order valence-electron chi connectivity index (χ2n) is 10.3. The standard InChI is InChI=1S/C28H39FN4O6/c29-18-24(35)21(8-4-12-32-27(30)31)16-23(34)22-9-5-13-33(22)26(37)28(10-14-38-15-11-28)17-25(36)39-19-20-6-2-1-3-7-20/h1-3,6-7,21-22H,4-5,8-19H2,(H4,30,31,32)/t21-,22+/m1/s1. The number of ketones is 2. The Balaban J connectivity index is 1.67. The van der Waals surface area contributed by atoms with E-state index in [0.717, 1.165) is 5.56 Å². The van der Waals surface area contributed by atoms with E-state index in [1.165, 1.54) is 0 Å². The molecule has 2 aliphatic rings. The fourth-order valence-electron chi connectivity index (χ4n) is 5.35. The number of nitrogens with zero attached hydrogens (tertiary/aromatic N) is 2. The lowest BCUT2D eigenvalue weighted by molar-refractivity contribution is -0.161. The predicted molar refractivity (Wildman–Crippen MR) is 142 cm³/mol. The smallest absolute Gasteiger partial charge is 0.307 e. The van der Waals surface area contributed by atoms with Crippen molar-refractivity contribution in [3.63, 3.8) is 0 Å². The van der Waals surface area contributed by atoms with Crippen molar-refractivity contribution >= 4 is 29.4 Å². The summed E-state index contributed by atoms with van der Waals surface area (Å²) in [5.74, 6) is -2.55. The number of halogens is 1. The van der Waals surface area contributed by atoms with Gasteiger partial charge in [-0.2, -0.15) is 0 Å². The van der Waals surface area contributed by atoms with Gasteiger partial charge in [0.1, 0.15) is 13.3 Å². The first-order valence-electron chi connectivity index (χ1n) is 13.5. The maximum absolute atomic E-state index is 13.9. The van der Waals surface area contributed by atoms with Gasteiger partial charge in [-0.3, -0.25) is 24.2 Å². The number of guanidine groups is 1. The van der Waals surface area contributed by atoms with Gasteiger partial charge in [0.2, 0.25) is 5.91 Å². The number of benzene rings is 1. The lowest BCUT2D eigenvalue weighted by Crippen LogP contribution is -2.51. The summed E-state index contributed by atoms with van der Waals surface area (Å²) in [5.41, 5.74) is 10.5. The van der Waals surface area contributed by atoms with Crippen LogP contribution in [0.3, 0.4) is 0 Å². The Bertz CT molecular complexity index is 1020. The van der Waals surface area contributed by atoms with E-state index in [2.05, 4.69) is 4.99 Å². The van der Waals surface area contributed by atoms with Crippen LogP contribution in [0, 0.1) is 11.3 Å². The molecule has 1 amide bonds. The Hall–Kier alpha value is -3.34. The second-order valence-corrected chi connectivity index (χ2v) is 10.3. The van der Waals surface area contributed by atoms with Crippen LogP contribution in [0.1, 0.15) is 56.9 Å². The molecule has 1 aromatic rings. The van der Waals surface area contributed by atoms with Crippen LogP contribution in [-0.4, -0.2) is 73.3 Å². The molecule has 0 radical (unpaired) electrons. The number of carbonyl (C=O) groups excluding carboxylic acids is 4. The number of rotatable bonds is 14. The fourth-order valence-corrected chi connectivity index (χ4v) is 5.35. The number of alkyl halides is 1. The van der Waals surface area contributed by atoms with E-state index in [4.69, 9.17) is 20.9 Å². The Labute approximate surface area is 228 Å². The summed E-state index contributed by atoms with van der Waals surface area (Å²) < 4.78 is 24.2. The molecule has 4 N–H and O–H groups in total. The molecule has 0 unspecified atom stereocenters. The lowest BCUT2D eigenvalue weighted by Gasteiger charge is -2.39. The van der Waals surface area contributed by atoms with Crippen LogP contribution < -0.4 is 11.5 Å². The summed E-state index contributed by atoms with van der Waals surface area (Å²) in [6, 6.07) is 8.57. The molecule has 10 nitrogen and oxygen atoms in total. The summed E-state index contributed by atoms with van der Waals surface area (Å²) >= 11 is 0. The Kier molecular flexibility index (Phi) is 11.4. The number of aliphatic imine (C=N–C) groups is 1. The van der Waals surface area contributed by atoms with Crippen molar-refractivity contribution in [2.24, 2.45) is 27.8 Å². The van der Waals surface area contributed by atoms with Gasteiger partial charge >= 0.3 is 5.97 Å². The van der Waals surface area contributed by atoms with E-state index in [0.29, 0.717) is 51.9 Å². The SMILES string of the molecule is NC(N)=NCCC[C@H](CC(=O)[C@@H]1CCCN1C(=O)C1(CC(=O)OCc2ccccc2)CCOCC1)C(=O)CF. The average molecular weight is 547 g/mol. The van der Waals surface area contributed by atoms with Crippen LogP contribution in [0.15, 0.2) is 35.3 Å². The highest BCUT2D eigenvalue weighted by molar-refractivity contribution is 5.95. The minimum absolute atomic E-state index is 0.0782. The minimum atomic E-state index is -1.16. The van der Waals surface area contributed by atoms with E-state index in [9.17, 15) is 23.6 Å². The van der Waals surface area contributed by atoms with E-state index >= 15 is 0 Å². The first-order chi connectivity index (χ1) is 18.8. The van der Waals surface area contributed by atoms with Crippen molar-refractivity contribution in [1.82, 2.24) is 4.90 Å². The first kappa shape index (κ1) is 30.2. The molecule has 11 heteroatoms. The van der Waals surface area contributed by atoms with Crippen molar-refractivity contribution in [2.45, 2.75) is 64.0 Å². The summed E-state index contributed by atoms with van der Waals surface area (Å²) in [7, 11) is 0. The number of carbonyl (C=O) groups is 4. The molecule has 2 atom stereocenters. The zero-order valence-electron chi connectivity index (χ0n) is 22.3. The van der Waals surface area contributed by atoms with Gasteiger partial charge in [-0.05, 0) is 44.1 Å². The number of Topliss-reactive ketones (excluding diaryl/α,β-unsaturated/α-hetero) is 2. The number of amides is 1. The van der Waals surface area contributed by atoms with Crippen LogP contribution in [-0.2, 0) is 35.3 Å². The summed E-state index contributed by atoms with van der Waals surface area (Å²) in [6.45, 7) is 0.245. The summed E-state index contributed by atoms with van der Waals surface area (Å²) in [4.78, 5) is 57.8. The summed E-state index contributed by atoms with van der Waals surface area (Å²) in [6.07, 6.45) is 2.19. The molecule has 1 aromatic carbocycles. The van der Waals surface area contributed by atoms with Crippen LogP contribution in [0.2, 0.25) is 0 Å². The lowest BCUT2D eigenvalue weighted by atomic mass is 9.75. The third-order valence-electron chi connectivity index (χ3n) is 7.55. The monoisotopic (exact) mass is 546 g/mol. The molecule has 214 valence electrons. The van der Waals surface area contributed by atoms with Gasteiger partial charge in [-0.25, -0.2) is 4.39 Å². The van der Waals surface area contributed by atoms with Crippen molar-refractivity contribution in [3.8, 4) is 0 Å². The average Bonchev–Trinajstić information content (AvgIpc) is 3.43. The third kappa shape index (κ3) is 8.58. The Morgan fingerprint density at radius 3 is 2.54 bits per heavy atom. The molecule has 3 rings (SSSR count). The Morgan fingerprint density at radius 2 is 1.87 bits per heavy atom. The largest absolute Gasteiger partial charge is 0.461 e. The third-order valence-corrected chi connectivity index (χ3v) is 7.55. The van der Waals surface area contributed by atoms with Gasteiger partial charge in [-0.15, -0.1) is 0 Å². The molecular formula is C28H39FN4O6. The van der Waals surface area contributed by atoms with Crippen molar-refractivity contribution < 1.29 is 33.0 Å². The van der Waals surface area contributed by atoms with Gasteiger partial charge in [0.05, 0.1) is 17.9 Å². The zero-order valence-corrected chi connectivity index (χ0v) is 22.3. The fraction of sp³-hybridized carbons (Fsp3) is 0.607. The maximum Gasteiger partial charge on any atom is 0.307 e. The van der Waals surface area contributed by atoms with Gasteiger partial charge < -0.3 is 25.8 Å². The van der Waals surface area contributed by atoms with Crippen LogP contribution in [0.4, 0.5) is 4.39 Å². The number of ether oxygens (including phenoxy) is 2. The molecule has 2 fully saturated rings. The normalized spacial score (nSPS) is 19.2. The van der Waals surface area contributed by atoms with Gasteiger partial charge in [0.25, 0.3) is 0 Å². The van der Waals surface area contributed by atoms with Crippen molar-refractivity contribution in [2.75, 3.05) is 33.0 Å². The highest BCUT2D eigenvalue weighted by Gasteiger charge is 2.48. The van der Waals surface area contributed by atoms with E-state index in [1.807, 2.05) is 30.3 Å². The molecule has 2 saturated heterocycles. The van der Waals surface area contributed by atoms with E-state index in [-0.39, 0.29) is 50.1 Å². The maximum atomic E-state index is 13.9. The number of hydrogen-bond donors (Lipinski definition) is 2. The van der Waals surface area contributed by atoms with Crippen LogP contribution >= 0.6 is 0 Å². The minimum Gasteiger partial charge on any atom is -0.461 e. The van der Waals surface area contributed by atoms with Crippen LogP contribution in [0.5, 0.6) is 0 Å². The highest BCUT2D eigenvalue weighted by Crippen LogP contribution is 2.39. The molecule has 0 bridgehead atoms. The molecule has 0 aromatic heterocycles. The topological polar surface area (TPSA) is 154 Å². The Morgan fingerprint density at radius 1 is 1.15 bits per heavy atom. The molecule has 39 heavy (non-hydrogen) atoms. The molecule has 0 aliphatic carbocycles. The summed E-state index contributed by atoms with van der Waals surface area (Å²) in [5, 5.41) is 0. The predicted octanol–water partition coefficient (Wildman–Crippen LogP) is 2.08. The van der Waals surface area contributed by atoms with Crippen LogP contribution in [0.25, 0.3) is 0 Å². The van der Waals surface area contributed by atoms with E-state index < -0.39 is 35.8 Å². The van der Waals surface area contributed by atoms with Gasteiger partial charge in [0.15, 0.2) is 17.5 Å². The number of likely N-dealkylation sites (tertiary alicyclic amines) is 1. The molecule has 0 saturated carbocycles. The first-order valence-corrected chi connectivity index (χ1v) is 13.5. The highest BCUT2D eigenvalue weighted by atomic mass is 19.1. The number of nitrogens with two attached hydrogens (primary N) is 2. The van der Waals surface area contributed by atoms with Gasteiger partial charge in [-0.1, -0.05) is 30.3 Å². The zero-order chi connectivity index (χ0) is 28.3. The van der Waals surface area contributed by atoms with Crippen molar-refractivity contribution in [1.29, 1.82) is 0 Å². The van der Waals surface area contributed by atoms with E-state index in [1.54, 1.807) is 4.90 Å². The molecule has 2 aliphatic heterocycles. The quantitative estimate of drug-likeness (QED) is 0.156. The number of hydrogen-bond acceptors (Lipinski definition) is 7.